The number of hydrogen-bond acceptors (Lipinski definition) is 4. The third-order valence-corrected chi connectivity index (χ3v) is 2.96. The molecule has 1 aromatic carbocycles. The highest BCUT2D eigenvalue weighted by Crippen LogP contribution is 2.20. The van der Waals surface area contributed by atoms with E-state index in [0.29, 0.717) is 5.75 Å². The maximum Gasteiger partial charge on any atom is 0.240 e. The van der Waals surface area contributed by atoms with Crippen molar-refractivity contribution in [3.05, 3.63) is 24.3 Å². The van der Waals surface area contributed by atoms with Crippen LogP contribution in [0.4, 0.5) is 5.69 Å². The predicted octanol–water partition coefficient (Wildman–Crippen LogP) is 0.595. The highest BCUT2D eigenvalue weighted by atomic mass is 16.5. The second kappa shape index (κ2) is 5.73. The molecule has 0 radical (unpaired) electrons. The minimum absolute atomic E-state index is 0.190. The SMILES string of the molecule is CNC(C)(COc1cccc(N(C)C)c1)C(N)=O. The number of rotatable bonds is 6. The number of nitrogens with two attached hydrogens (primary N) is 1. The molecule has 0 aromatic heterocycles. The molecule has 0 spiro atoms. The van der Waals surface area contributed by atoms with E-state index in [1.54, 1.807) is 14.0 Å². The molecule has 0 aliphatic carbocycles. The number of benzene rings is 1. The standard InChI is InChI=1S/C13H21N3O2/c1-13(15-2,12(14)17)9-18-11-7-5-6-10(8-11)16(3)4/h5-8,15H,9H2,1-4H3,(H2,14,17). The largest absolute Gasteiger partial charge is 0.491 e. The van der Waals surface area contributed by atoms with Crippen LogP contribution in [0.3, 0.4) is 0 Å². The number of amides is 1. The van der Waals surface area contributed by atoms with Gasteiger partial charge in [-0.2, -0.15) is 0 Å². The Bertz CT molecular complexity index is 420. The fraction of sp³-hybridized carbons (Fsp3) is 0.462. The van der Waals surface area contributed by atoms with Crippen LogP contribution in [0, 0.1) is 0 Å². The Labute approximate surface area is 108 Å². The minimum Gasteiger partial charge on any atom is -0.491 e. The molecule has 0 saturated heterocycles. The van der Waals surface area contributed by atoms with Crippen LogP contribution in [-0.2, 0) is 4.79 Å². The molecule has 1 amide bonds. The monoisotopic (exact) mass is 251 g/mol. The normalized spacial score (nSPS) is 13.8. The fourth-order valence-corrected chi connectivity index (χ4v) is 1.35. The Morgan fingerprint density at radius 3 is 2.67 bits per heavy atom. The van der Waals surface area contributed by atoms with Crippen LogP contribution in [0.5, 0.6) is 5.75 Å². The van der Waals surface area contributed by atoms with E-state index in [0.717, 1.165) is 5.69 Å². The molecule has 3 N–H and O–H groups in total. The summed E-state index contributed by atoms with van der Waals surface area (Å²) in [6.07, 6.45) is 0. The van der Waals surface area contributed by atoms with E-state index in [4.69, 9.17) is 10.5 Å². The first-order valence-corrected chi connectivity index (χ1v) is 5.78. The molecule has 100 valence electrons. The lowest BCUT2D eigenvalue weighted by Crippen LogP contribution is -2.55. The molecule has 0 bridgehead atoms. The second-order valence-electron chi connectivity index (χ2n) is 4.63. The number of carbonyl (C=O) groups excluding carboxylic acids is 1. The van der Waals surface area contributed by atoms with E-state index in [9.17, 15) is 4.79 Å². The van der Waals surface area contributed by atoms with Gasteiger partial charge in [0.25, 0.3) is 0 Å². The van der Waals surface area contributed by atoms with Gasteiger partial charge in [-0.3, -0.25) is 4.79 Å². The summed E-state index contributed by atoms with van der Waals surface area (Å²) in [7, 11) is 5.60. The van der Waals surface area contributed by atoms with Crippen LogP contribution in [-0.4, -0.2) is 39.2 Å². The number of carbonyl (C=O) groups is 1. The van der Waals surface area contributed by atoms with E-state index in [1.165, 1.54) is 0 Å². The lowest BCUT2D eigenvalue weighted by atomic mass is 10.0. The van der Waals surface area contributed by atoms with Crippen LogP contribution in [0.25, 0.3) is 0 Å². The molecule has 1 atom stereocenters. The number of primary amides is 1. The van der Waals surface area contributed by atoms with Gasteiger partial charge in [0.05, 0.1) is 0 Å². The van der Waals surface area contributed by atoms with Crippen molar-refractivity contribution in [3.8, 4) is 5.75 Å². The summed E-state index contributed by atoms with van der Waals surface area (Å²) >= 11 is 0. The Hall–Kier alpha value is -1.75. The average Bonchev–Trinajstić information content (AvgIpc) is 2.36. The van der Waals surface area contributed by atoms with Crippen molar-refractivity contribution in [2.75, 3.05) is 32.6 Å². The van der Waals surface area contributed by atoms with Crippen molar-refractivity contribution in [2.45, 2.75) is 12.5 Å². The molecule has 0 aliphatic heterocycles. The van der Waals surface area contributed by atoms with E-state index >= 15 is 0 Å². The van der Waals surface area contributed by atoms with E-state index in [2.05, 4.69) is 5.32 Å². The van der Waals surface area contributed by atoms with Crippen molar-refractivity contribution in [1.82, 2.24) is 5.32 Å². The quantitative estimate of drug-likeness (QED) is 0.776. The molecule has 1 aromatic rings. The van der Waals surface area contributed by atoms with Gasteiger partial charge in [0.15, 0.2) is 0 Å². The van der Waals surface area contributed by atoms with Crippen molar-refractivity contribution >= 4 is 11.6 Å². The van der Waals surface area contributed by atoms with Gasteiger partial charge in [0, 0.05) is 25.8 Å². The average molecular weight is 251 g/mol. The van der Waals surface area contributed by atoms with Crippen molar-refractivity contribution in [1.29, 1.82) is 0 Å². The van der Waals surface area contributed by atoms with Crippen molar-refractivity contribution < 1.29 is 9.53 Å². The molecule has 18 heavy (non-hydrogen) atoms. The number of nitrogens with one attached hydrogen (secondary N) is 1. The van der Waals surface area contributed by atoms with Crippen molar-refractivity contribution in [2.24, 2.45) is 5.73 Å². The maximum absolute atomic E-state index is 11.3. The van der Waals surface area contributed by atoms with E-state index in [-0.39, 0.29) is 6.61 Å². The first-order chi connectivity index (χ1) is 8.39. The van der Waals surface area contributed by atoms with Gasteiger partial charge in [-0.25, -0.2) is 0 Å². The third-order valence-electron chi connectivity index (χ3n) is 2.96. The summed E-state index contributed by atoms with van der Waals surface area (Å²) in [4.78, 5) is 13.3. The second-order valence-corrected chi connectivity index (χ2v) is 4.63. The van der Waals surface area contributed by atoms with Gasteiger partial charge in [0.1, 0.15) is 17.9 Å². The summed E-state index contributed by atoms with van der Waals surface area (Å²) < 4.78 is 5.62. The number of hydrogen-bond donors (Lipinski definition) is 2. The summed E-state index contributed by atoms with van der Waals surface area (Å²) in [5.74, 6) is 0.276. The number of nitrogens with zero attached hydrogens (tertiary/aromatic N) is 1. The lowest BCUT2D eigenvalue weighted by Gasteiger charge is -2.25. The molecule has 0 heterocycles. The van der Waals surface area contributed by atoms with Gasteiger partial charge in [-0.05, 0) is 26.1 Å². The first-order valence-electron chi connectivity index (χ1n) is 5.78. The van der Waals surface area contributed by atoms with Gasteiger partial charge in [0.2, 0.25) is 5.91 Å². The van der Waals surface area contributed by atoms with Crippen LogP contribution in [0.1, 0.15) is 6.92 Å². The number of anilines is 1. The van der Waals surface area contributed by atoms with Gasteiger partial charge < -0.3 is 20.7 Å². The Morgan fingerprint density at radius 1 is 1.50 bits per heavy atom. The van der Waals surface area contributed by atoms with Crippen LogP contribution in [0.2, 0.25) is 0 Å². The molecule has 5 heteroatoms. The highest BCUT2D eigenvalue weighted by Gasteiger charge is 2.30. The Morgan fingerprint density at radius 2 is 2.17 bits per heavy atom. The van der Waals surface area contributed by atoms with Crippen LogP contribution in [0.15, 0.2) is 24.3 Å². The zero-order valence-electron chi connectivity index (χ0n) is 11.4. The van der Waals surface area contributed by atoms with Gasteiger partial charge in [-0.1, -0.05) is 6.07 Å². The molecule has 1 rings (SSSR count). The zero-order valence-corrected chi connectivity index (χ0v) is 11.4. The minimum atomic E-state index is -0.867. The molecular weight excluding hydrogens is 230 g/mol. The molecule has 1 unspecified atom stereocenters. The Balaban J connectivity index is 2.74. The van der Waals surface area contributed by atoms with Crippen molar-refractivity contribution in [3.63, 3.8) is 0 Å². The van der Waals surface area contributed by atoms with Crippen LogP contribution >= 0.6 is 0 Å². The molecule has 0 fully saturated rings. The molecular formula is C13H21N3O2. The maximum atomic E-state index is 11.3. The summed E-state index contributed by atoms with van der Waals surface area (Å²) in [6.45, 7) is 1.90. The highest BCUT2D eigenvalue weighted by molar-refractivity contribution is 5.84. The van der Waals surface area contributed by atoms with Gasteiger partial charge >= 0.3 is 0 Å². The number of ether oxygens (including phenoxy) is 1. The summed E-state index contributed by atoms with van der Waals surface area (Å²) in [5.41, 5.74) is 5.51. The zero-order chi connectivity index (χ0) is 13.8. The summed E-state index contributed by atoms with van der Waals surface area (Å²) in [5, 5.41) is 2.88. The smallest absolute Gasteiger partial charge is 0.240 e. The topological polar surface area (TPSA) is 67.6 Å². The third kappa shape index (κ3) is 3.37. The molecule has 5 nitrogen and oxygen atoms in total. The molecule has 0 aliphatic rings. The summed E-state index contributed by atoms with van der Waals surface area (Å²) in [6, 6.07) is 7.66. The van der Waals surface area contributed by atoms with Crippen LogP contribution < -0.4 is 20.7 Å². The van der Waals surface area contributed by atoms with Gasteiger partial charge in [-0.15, -0.1) is 0 Å². The number of likely N-dealkylation sites (N-methyl/N-ethyl adjacent to an activating group) is 1. The fourth-order valence-electron chi connectivity index (χ4n) is 1.35. The lowest BCUT2D eigenvalue weighted by molar-refractivity contribution is -0.124. The van der Waals surface area contributed by atoms with E-state index < -0.39 is 11.4 Å². The predicted molar refractivity (Wildman–Crippen MR) is 72.9 cm³/mol. The molecule has 0 saturated carbocycles. The first kappa shape index (κ1) is 14.3. The Kier molecular flexibility index (Phi) is 4.55. The van der Waals surface area contributed by atoms with E-state index in [1.807, 2.05) is 43.3 Å².